The Kier molecular flexibility index (Phi) is 4.66. The van der Waals surface area contributed by atoms with Gasteiger partial charge in [0.25, 0.3) is 0 Å². The van der Waals surface area contributed by atoms with Gasteiger partial charge in [0.1, 0.15) is 11.5 Å². The van der Waals surface area contributed by atoms with Crippen LogP contribution in [0.1, 0.15) is 19.5 Å². The lowest BCUT2D eigenvalue weighted by Crippen LogP contribution is -2.15. The smallest absolute Gasteiger partial charge is 0.249 e. The Balaban J connectivity index is 1.76. The molecule has 0 bridgehead atoms. The van der Waals surface area contributed by atoms with Gasteiger partial charge in [0.15, 0.2) is 5.15 Å². The highest BCUT2D eigenvalue weighted by Gasteiger charge is 2.09. The third kappa shape index (κ3) is 3.49. The minimum atomic E-state index is -0.248. The number of nitrogens with one attached hydrogen (secondary N) is 1. The molecule has 3 aromatic heterocycles. The Morgan fingerprint density at radius 2 is 2.21 bits per heavy atom. The van der Waals surface area contributed by atoms with Crippen molar-refractivity contribution >= 4 is 35.0 Å². The Bertz CT molecular complexity index is 893. The molecule has 0 aromatic carbocycles. The molecule has 124 valence electrons. The largest absolute Gasteiger partial charge is 0.307 e. The molecule has 24 heavy (non-hydrogen) atoms. The Morgan fingerprint density at radius 3 is 3.00 bits per heavy atom. The van der Waals surface area contributed by atoms with Crippen molar-refractivity contribution in [3.63, 3.8) is 0 Å². The van der Waals surface area contributed by atoms with Crippen LogP contribution in [0.15, 0.2) is 42.7 Å². The van der Waals surface area contributed by atoms with Crippen LogP contribution >= 0.6 is 11.6 Å². The van der Waals surface area contributed by atoms with Gasteiger partial charge in [-0.05, 0) is 24.1 Å². The molecule has 1 amide bonds. The van der Waals surface area contributed by atoms with Crippen molar-refractivity contribution in [2.45, 2.75) is 20.4 Å². The van der Waals surface area contributed by atoms with Gasteiger partial charge in [0.2, 0.25) is 5.91 Å². The number of carbonyl (C=O) groups excluding carboxylic acids is 1. The lowest BCUT2D eigenvalue weighted by molar-refractivity contribution is -0.111. The number of fused-ring (bicyclic) bond motifs is 1. The number of halogens is 1. The fraction of sp³-hybridized carbons (Fsp3) is 0.235. The molecule has 0 atom stereocenters. The summed E-state index contributed by atoms with van der Waals surface area (Å²) in [5.74, 6) is 0.859. The lowest BCUT2D eigenvalue weighted by atomic mass is 10.2. The van der Waals surface area contributed by atoms with E-state index in [2.05, 4.69) is 29.2 Å². The number of carbonyl (C=O) groups is 1. The minimum absolute atomic E-state index is 0.248. The van der Waals surface area contributed by atoms with Gasteiger partial charge in [0, 0.05) is 24.9 Å². The molecule has 0 aliphatic heterocycles. The predicted octanol–water partition coefficient (Wildman–Crippen LogP) is 3.49. The van der Waals surface area contributed by atoms with Crippen molar-refractivity contribution in [2.75, 3.05) is 5.32 Å². The third-order valence-corrected chi connectivity index (χ3v) is 3.70. The second-order valence-corrected chi connectivity index (χ2v) is 6.19. The van der Waals surface area contributed by atoms with Crippen LogP contribution in [0.4, 0.5) is 5.82 Å². The minimum Gasteiger partial charge on any atom is -0.307 e. The van der Waals surface area contributed by atoms with Gasteiger partial charge in [-0.1, -0.05) is 31.5 Å². The number of imidazole rings is 1. The van der Waals surface area contributed by atoms with E-state index in [4.69, 9.17) is 11.6 Å². The number of rotatable bonds is 5. The number of pyridine rings is 1. The molecule has 0 spiro atoms. The Labute approximate surface area is 144 Å². The molecule has 0 aliphatic rings. The molecule has 3 rings (SSSR count). The highest BCUT2D eigenvalue weighted by atomic mass is 35.5. The number of nitrogens with zero attached hydrogens (tertiary/aromatic N) is 4. The number of hydrogen-bond donors (Lipinski definition) is 1. The quantitative estimate of drug-likeness (QED) is 0.721. The number of hydrogen-bond acceptors (Lipinski definition) is 3. The predicted molar refractivity (Wildman–Crippen MR) is 94.9 cm³/mol. The number of aromatic nitrogens is 4. The summed E-state index contributed by atoms with van der Waals surface area (Å²) in [4.78, 5) is 16.4. The van der Waals surface area contributed by atoms with Gasteiger partial charge >= 0.3 is 0 Å². The lowest BCUT2D eigenvalue weighted by Gasteiger charge is -2.09. The van der Waals surface area contributed by atoms with Crippen molar-refractivity contribution in [1.29, 1.82) is 0 Å². The summed E-state index contributed by atoms with van der Waals surface area (Å²) in [6, 6.07) is 7.39. The fourth-order valence-corrected chi connectivity index (χ4v) is 2.63. The number of amides is 1. The molecule has 0 fully saturated rings. The topological polar surface area (TPSA) is 64.2 Å². The van der Waals surface area contributed by atoms with E-state index >= 15 is 0 Å². The van der Waals surface area contributed by atoms with Crippen molar-refractivity contribution in [1.82, 2.24) is 19.2 Å². The van der Waals surface area contributed by atoms with E-state index in [1.54, 1.807) is 23.0 Å². The second-order valence-electron chi connectivity index (χ2n) is 5.83. The number of anilines is 1. The van der Waals surface area contributed by atoms with Crippen LogP contribution < -0.4 is 5.32 Å². The average Bonchev–Trinajstić information content (AvgIpc) is 3.08. The highest BCUT2D eigenvalue weighted by Crippen LogP contribution is 2.19. The normalized spacial score (nSPS) is 11.7. The highest BCUT2D eigenvalue weighted by molar-refractivity contribution is 6.31. The summed E-state index contributed by atoms with van der Waals surface area (Å²) in [7, 11) is 0. The van der Waals surface area contributed by atoms with Crippen molar-refractivity contribution in [2.24, 2.45) is 5.92 Å². The van der Waals surface area contributed by atoms with Crippen LogP contribution in [-0.4, -0.2) is 25.1 Å². The first-order chi connectivity index (χ1) is 11.5. The molecular formula is C17H18ClN5O. The van der Waals surface area contributed by atoms with Crippen LogP contribution in [0.5, 0.6) is 0 Å². The Morgan fingerprint density at radius 1 is 1.38 bits per heavy atom. The first kappa shape index (κ1) is 16.3. The molecule has 0 saturated heterocycles. The van der Waals surface area contributed by atoms with Crippen LogP contribution in [0, 0.1) is 5.92 Å². The summed E-state index contributed by atoms with van der Waals surface area (Å²) in [5.41, 5.74) is 1.40. The molecule has 0 saturated carbocycles. The summed E-state index contributed by atoms with van der Waals surface area (Å²) < 4.78 is 3.60. The van der Waals surface area contributed by atoms with Gasteiger partial charge in [-0.25, -0.2) is 9.67 Å². The molecule has 7 heteroatoms. The molecule has 0 aliphatic carbocycles. The molecule has 1 N–H and O–H groups in total. The van der Waals surface area contributed by atoms with Crippen LogP contribution in [0.2, 0.25) is 5.15 Å². The molecular weight excluding hydrogens is 326 g/mol. The zero-order valence-electron chi connectivity index (χ0n) is 13.5. The maximum absolute atomic E-state index is 12.2. The zero-order chi connectivity index (χ0) is 17.1. The fourth-order valence-electron chi connectivity index (χ4n) is 2.39. The maximum atomic E-state index is 12.2. The first-order valence-electron chi connectivity index (χ1n) is 7.68. The first-order valence-corrected chi connectivity index (χ1v) is 8.06. The van der Waals surface area contributed by atoms with Crippen molar-refractivity contribution in [3.8, 4) is 0 Å². The van der Waals surface area contributed by atoms with E-state index in [1.807, 2.05) is 28.8 Å². The molecule has 3 heterocycles. The standard InChI is InChI=1S/C17H18ClN5O/c1-12(2)11-23-15(8-9-19-23)20-16(24)7-6-13-17(18)21-14-5-3-4-10-22(13)14/h3-10,12H,11H2,1-2H3,(H,20,24)/b7-6+. The molecule has 3 aromatic rings. The molecule has 6 nitrogen and oxygen atoms in total. The molecule has 0 unspecified atom stereocenters. The maximum Gasteiger partial charge on any atom is 0.249 e. The van der Waals surface area contributed by atoms with Gasteiger partial charge < -0.3 is 5.32 Å². The van der Waals surface area contributed by atoms with E-state index in [-0.39, 0.29) is 5.91 Å². The van der Waals surface area contributed by atoms with E-state index in [0.29, 0.717) is 22.6 Å². The van der Waals surface area contributed by atoms with E-state index < -0.39 is 0 Å². The average molecular weight is 344 g/mol. The van der Waals surface area contributed by atoms with Gasteiger partial charge in [-0.15, -0.1) is 0 Å². The van der Waals surface area contributed by atoms with Gasteiger partial charge in [-0.3, -0.25) is 9.20 Å². The second kappa shape index (κ2) is 6.88. The Hall–Kier alpha value is -2.60. The van der Waals surface area contributed by atoms with Crippen LogP contribution in [0.3, 0.4) is 0 Å². The van der Waals surface area contributed by atoms with E-state index in [0.717, 1.165) is 12.2 Å². The zero-order valence-corrected chi connectivity index (χ0v) is 14.2. The van der Waals surface area contributed by atoms with Crippen LogP contribution in [-0.2, 0) is 11.3 Å². The summed E-state index contributed by atoms with van der Waals surface area (Å²) in [6.07, 6.45) is 6.61. The third-order valence-electron chi connectivity index (χ3n) is 3.42. The van der Waals surface area contributed by atoms with Gasteiger partial charge in [-0.2, -0.15) is 5.10 Å². The van der Waals surface area contributed by atoms with Crippen molar-refractivity contribution < 1.29 is 4.79 Å². The summed E-state index contributed by atoms with van der Waals surface area (Å²) in [6.45, 7) is 4.94. The van der Waals surface area contributed by atoms with E-state index in [9.17, 15) is 4.79 Å². The molecule has 0 radical (unpaired) electrons. The summed E-state index contributed by atoms with van der Waals surface area (Å²) >= 11 is 6.15. The monoisotopic (exact) mass is 343 g/mol. The van der Waals surface area contributed by atoms with Crippen molar-refractivity contribution in [3.05, 3.63) is 53.6 Å². The summed E-state index contributed by atoms with van der Waals surface area (Å²) in [5, 5.41) is 7.40. The van der Waals surface area contributed by atoms with Crippen LogP contribution in [0.25, 0.3) is 11.7 Å². The van der Waals surface area contributed by atoms with E-state index in [1.165, 1.54) is 6.08 Å². The SMILES string of the molecule is CC(C)Cn1nccc1NC(=O)/C=C/c1c(Cl)nc2ccccn12. The van der Waals surface area contributed by atoms with Gasteiger partial charge in [0.05, 0.1) is 11.9 Å².